The fourth-order valence-corrected chi connectivity index (χ4v) is 2.64. The third-order valence-electron chi connectivity index (χ3n) is 3.93. The molecular weight excluding hydrogens is 312 g/mol. The van der Waals surface area contributed by atoms with Crippen molar-refractivity contribution < 1.29 is 9.52 Å². The predicted molar refractivity (Wildman–Crippen MR) is 99.5 cm³/mol. The van der Waals surface area contributed by atoms with Gasteiger partial charge in [0.05, 0.1) is 5.69 Å². The molecule has 4 rings (SSSR count). The highest BCUT2D eigenvalue weighted by molar-refractivity contribution is 5.87. The van der Waals surface area contributed by atoms with Gasteiger partial charge in [0.25, 0.3) is 0 Å². The van der Waals surface area contributed by atoms with Gasteiger partial charge in [-0.05, 0) is 49.4 Å². The average Bonchev–Trinajstić information content (AvgIpc) is 3.04. The van der Waals surface area contributed by atoms with Crippen LogP contribution in [0.1, 0.15) is 11.1 Å². The summed E-state index contributed by atoms with van der Waals surface area (Å²) in [6.07, 6.45) is 1.64. The molecule has 0 atom stereocenters. The van der Waals surface area contributed by atoms with Crippen LogP contribution in [0.5, 0.6) is 5.75 Å². The van der Waals surface area contributed by atoms with E-state index in [1.165, 1.54) is 0 Å². The Morgan fingerprint density at radius 1 is 1.00 bits per heavy atom. The maximum Gasteiger partial charge on any atom is 0.227 e. The van der Waals surface area contributed by atoms with Crippen LogP contribution in [-0.2, 0) is 0 Å². The standard InChI is InChI=1S/C21H16N2O2/c1-14-5-4-7-15(11-14)21-23-18-12-17(9-10-20(18)25-21)22-13-16-6-2-3-8-19(16)24/h2-13,24H,1H3. The Labute approximate surface area is 145 Å². The zero-order valence-electron chi connectivity index (χ0n) is 13.7. The molecule has 0 aliphatic rings. The quantitative estimate of drug-likeness (QED) is 0.522. The summed E-state index contributed by atoms with van der Waals surface area (Å²) in [6, 6.07) is 20.7. The molecule has 0 saturated carbocycles. The van der Waals surface area contributed by atoms with Gasteiger partial charge in [-0.15, -0.1) is 0 Å². The summed E-state index contributed by atoms with van der Waals surface area (Å²) in [5.74, 6) is 0.802. The second-order valence-corrected chi connectivity index (χ2v) is 5.86. The summed E-state index contributed by atoms with van der Waals surface area (Å²) in [5, 5.41) is 9.79. The van der Waals surface area contributed by atoms with Gasteiger partial charge in [0, 0.05) is 17.3 Å². The number of nitrogens with zero attached hydrogens (tertiary/aromatic N) is 2. The Morgan fingerprint density at radius 3 is 2.72 bits per heavy atom. The number of aromatic nitrogens is 1. The second kappa shape index (κ2) is 6.24. The summed E-state index contributed by atoms with van der Waals surface area (Å²) < 4.78 is 5.84. The number of fused-ring (bicyclic) bond motifs is 1. The van der Waals surface area contributed by atoms with Gasteiger partial charge in [-0.25, -0.2) is 4.98 Å². The maximum absolute atomic E-state index is 9.79. The van der Waals surface area contributed by atoms with E-state index < -0.39 is 0 Å². The second-order valence-electron chi connectivity index (χ2n) is 5.86. The number of para-hydroxylation sites is 1. The molecule has 1 aromatic heterocycles. The SMILES string of the molecule is Cc1cccc(-c2nc3cc(N=Cc4ccccc4O)ccc3o2)c1. The van der Waals surface area contributed by atoms with E-state index in [0.717, 1.165) is 27.9 Å². The van der Waals surface area contributed by atoms with Crippen molar-refractivity contribution in [2.75, 3.05) is 0 Å². The van der Waals surface area contributed by atoms with Crippen LogP contribution in [0.4, 0.5) is 5.69 Å². The molecule has 122 valence electrons. The summed E-state index contributed by atoms with van der Waals surface area (Å²) in [4.78, 5) is 8.98. The van der Waals surface area contributed by atoms with E-state index in [9.17, 15) is 5.11 Å². The van der Waals surface area contributed by atoms with E-state index >= 15 is 0 Å². The van der Waals surface area contributed by atoms with Crippen LogP contribution in [0, 0.1) is 6.92 Å². The number of aryl methyl sites for hydroxylation is 1. The van der Waals surface area contributed by atoms with E-state index in [1.807, 2.05) is 61.5 Å². The first-order valence-electron chi connectivity index (χ1n) is 7.99. The van der Waals surface area contributed by atoms with Crippen molar-refractivity contribution >= 4 is 23.0 Å². The number of oxazole rings is 1. The van der Waals surface area contributed by atoms with Crippen molar-refractivity contribution in [3.05, 3.63) is 77.9 Å². The number of phenols is 1. The number of hydrogen-bond acceptors (Lipinski definition) is 4. The molecule has 4 heteroatoms. The van der Waals surface area contributed by atoms with E-state index in [-0.39, 0.29) is 5.75 Å². The minimum Gasteiger partial charge on any atom is -0.507 e. The first-order valence-corrected chi connectivity index (χ1v) is 7.99. The van der Waals surface area contributed by atoms with Gasteiger partial charge >= 0.3 is 0 Å². The third kappa shape index (κ3) is 3.15. The third-order valence-corrected chi connectivity index (χ3v) is 3.93. The van der Waals surface area contributed by atoms with Crippen molar-refractivity contribution in [2.45, 2.75) is 6.92 Å². The largest absolute Gasteiger partial charge is 0.507 e. The van der Waals surface area contributed by atoms with E-state index in [4.69, 9.17) is 4.42 Å². The lowest BCUT2D eigenvalue weighted by atomic mass is 10.1. The van der Waals surface area contributed by atoms with Crippen molar-refractivity contribution in [1.82, 2.24) is 4.98 Å². The van der Waals surface area contributed by atoms with Crippen molar-refractivity contribution in [1.29, 1.82) is 0 Å². The maximum atomic E-state index is 9.79. The molecule has 0 unspecified atom stereocenters. The lowest BCUT2D eigenvalue weighted by molar-refractivity contribution is 0.474. The number of phenolic OH excluding ortho intramolecular Hbond substituents is 1. The molecule has 0 saturated heterocycles. The van der Waals surface area contributed by atoms with Crippen molar-refractivity contribution in [2.24, 2.45) is 4.99 Å². The molecule has 0 radical (unpaired) electrons. The fraction of sp³-hybridized carbons (Fsp3) is 0.0476. The average molecular weight is 328 g/mol. The Hall–Kier alpha value is -3.40. The lowest BCUT2D eigenvalue weighted by Crippen LogP contribution is -1.80. The molecule has 0 aliphatic carbocycles. The van der Waals surface area contributed by atoms with E-state index in [2.05, 4.69) is 9.98 Å². The van der Waals surface area contributed by atoms with Gasteiger partial charge in [-0.1, -0.05) is 29.8 Å². The molecule has 3 aromatic carbocycles. The van der Waals surface area contributed by atoms with E-state index in [0.29, 0.717) is 11.5 Å². The molecule has 0 fully saturated rings. The topological polar surface area (TPSA) is 58.6 Å². The summed E-state index contributed by atoms with van der Waals surface area (Å²) >= 11 is 0. The Kier molecular flexibility index (Phi) is 3.78. The van der Waals surface area contributed by atoms with Crippen LogP contribution in [-0.4, -0.2) is 16.3 Å². The predicted octanol–water partition coefficient (Wildman–Crippen LogP) is 5.26. The lowest BCUT2D eigenvalue weighted by Gasteiger charge is -1.97. The van der Waals surface area contributed by atoms with Crippen LogP contribution < -0.4 is 0 Å². The zero-order chi connectivity index (χ0) is 17.2. The molecule has 0 aliphatic heterocycles. The molecule has 0 amide bonds. The highest BCUT2D eigenvalue weighted by Gasteiger charge is 2.08. The molecule has 0 spiro atoms. The van der Waals surface area contributed by atoms with Gasteiger partial charge in [0.2, 0.25) is 5.89 Å². The molecule has 4 aromatic rings. The van der Waals surface area contributed by atoms with Crippen LogP contribution in [0.2, 0.25) is 0 Å². The zero-order valence-corrected chi connectivity index (χ0v) is 13.7. The van der Waals surface area contributed by atoms with Crippen molar-refractivity contribution in [3.8, 4) is 17.2 Å². The highest BCUT2D eigenvalue weighted by Crippen LogP contribution is 2.27. The Morgan fingerprint density at radius 2 is 1.88 bits per heavy atom. The molecular formula is C21H16N2O2. The van der Waals surface area contributed by atoms with E-state index in [1.54, 1.807) is 18.3 Å². The van der Waals surface area contributed by atoms with Gasteiger partial charge in [-0.3, -0.25) is 4.99 Å². The van der Waals surface area contributed by atoms with Gasteiger partial charge in [0.1, 0.15) is 11.3 Å². The number of benzene rings is 3. The number of hydrogen-bond donors (Lipinski definition) is 1. The first-order chi connectivity index (χ1) is 12.2. The van der Waals surface area contributed by atoms with Crippen LogP contribution in [0.15, 0.2) is 76.1 Å². The van der Waals surface area contributed by atoms with Crippen LogP contribution in [0.3, 0.4) is 0 Å². The minimum atomic E-state index is 0.204. The van der Waals surface area contributed by atoms with Gasteiger partial charge < -0.3 is 9.52 Å². The fourth-order valence-electron chi connectivity index (χ4n) is 2.64. The van der Waals surface area contributed by atoms with Crippen molar-refractivity contribution in [3.63, 3.8) is 0 Å². The van der Waals surface area contributed by atoms with Crippen LogP contribution >= 0.6 is 0 Å². The minimum absolute atomic E-state index is 0.204. The molecule has 1 N–H and O–H groups in total. The monoisotopic (exact) mass is 328 g/mol. The Balaban J connectivity index is 1.68. The molecule has 4 nitrogen and oxygen atoms in total. The first kappa shape index (κ1) is 15.1. The normalized spacial score (nSPS) is 11.4. The smallest absolute Gasteiger partial charge is 0.227 e. The number of aromatic hydroxyl groups is 1. The molecule has 1 heterocycles. The Bertz CT molecular complexity index is 1080. The molecule has 25 heavy (non-hydrogen) atoms. The summed E-state index contributed by atoms with van der Waals surface area (Å²) in [6.45, 7) is 2.04. The van der Waals surface area contributed by atoms with Crippen LogP contribution in [0.25, 0.3) is 22.6 Å². The van der Waals surface area contributed by atoms with Gasteiger partial charge in [0.15, 0.2) is 5.58 Å². The number of rotatable bonds is 3. The molecule has 0 bridgehead atoms. The summed E-state index contributed by atoms with van der Waals surface area (Å²) in [5.41, 5.74) is 5.01. The number of aliphatic imine (C=N–C) groups is 1. The highest BCUT2D eigenvalue weighted by atomic mass is 16.3. The summed E-state index contributed by atoms with van der Waals surface area (Å²) in [7, 11) is 0. The van der Waals surface area contributed by atoms with Gasteiger partial charge in [-0.2, -0.15) is 0 Å².